The number of ether oxygens (including phenoxy) is 4. The van der Waals surface area contributed by atoms with Gasteiger partial charge in [0.1, 0.15) is 11.7 Å². The summed E-state index contributed by atoms with van der Waals surface area (Å²) in [7, 11) is -2.05. The third-order valence-corrected chi connectivity index (χ3v) is 11.8. The summed E-state index contributed by atoms with van der Waals surface area (Å²) >= 11 is 0. The van der Waals surface area contributed by atoms with E-state index < -0.39 is 26.2 Å². The summed E-state index contributed by atoms with van der Waals surface area (Å²) in [4.78, 5) is 27.5. The van der Waals surface area contributed by atoms with Crippen molar-refractivity contribution in [1.82, 2.24) is 4.90 Å². The SMILES string of the molecule is CCOC(=O)C[C@@H](CO[Si](C)(C)C(C)(C)C)[C@H]1O[C@H]1[C@H]1OC[C@@H](c2ccccc2)N1C(=O)OC(C)(C)C. The smallest absolute Gasteiger partial charge is 0.413 e. The number of esters is 1. The molecule has 0 saturated carbocycles. The minimum atomic E-state index is -2.05. The summed E-state index contributed by atoms with van der Waals surface area (Å²) < 4.78 is 29.8. The molecule has 1 aromatic carbocycles. The van der Waals surface area contributed by atoms with Crippen molar-refractivity contribution in [3.63, 3.8) is 0 Å². The highest BCUT2D eigenvalue weighted by atomic mass is 28.4. The van der Waals surface area contributed by atoms with Crippen LogP contribution in [0.3, 0.4) is 0 Å². The molecule has 0 radical (unpaired) electrons. The quantitative estimate of drug-likeness (QED) is 0.228. The fourth-order valence-corrected chi connectivity index (χ4v) is 5.30. The van der Waals surface area contributed by atoms with E-state index in [1.807, 2.05) is 51.1 Å². The number of carbonyl (C=O) groups excluding carboxylic acids is 2. The zero-order valence-corrected chi connectivity index (χ0v) is 24.9. The third-order valence-electron chi connectivity index (χ3n) is 7.33. The monoisotopic (exact) mass is 535 g/mol. The van der Waals surface area contributed by atoms with Crippen LogP contribution in [0.25, 0.3) is 0 Å². The van der Waals surface area contributed by atoms with E-state index in [2.05, 4.69) is 33.9 Å². The first kappa shape index (κ1) is 29.6. The fourth-order valence-electron chi connectivity index (χ4n) is 4.24. The molecule has 2 heterocycles. The van der Waals surface area contributed by atoms with Gasteiger partial charge in [-0.2, -0.15) is 0 Å². The number of nitrogens with zero attached hydrogens (tertiary/aromatic N) is 1. The van der Waals surface area contributed by atoms with Gasteiger partial charge in [-0.15, -0.1) is 0 Å². The standard InChI is InChI=1S/C28H45NO7Si/c1-10-32-22(30)16-20(17-34-37(8,9)28(5,6)7)23-24(35-23)25-29(26(31)36-27(2,3)4)21(18-33-25)19-14-12-11-13-15-19/h11-15,20-21,23-25H,10,16-18H2,1-9H3/t20-,21-,23+,24+,25+/m0/s1. The van der Waals surface area contributed by atoms with Crippen LogP contribution in [0.1, 0.15) is 66.5 Å². The molecule has 0 aromatic heterocycles. The number of benzene rings is 1. The zero-order valence-electron chi connectivity index (χ0n) is 23.9. The largest absolute Gasteiger partial charge is 0.466 e. The Hall–Kier alpha value is -1.94. The summed E-state index contributed by atoms with van der Waals surface area (Å²) in [6, 6.07) is 9.50. The van der Waals surface area contributed by atoms with Crippen LogP contribution in [-0.4, -0.2) is 69.1 Å². The predicted octanol–water partition coefficient (Wildman–Crippen LogP) is 5.68. The minimum Gasteiger partial charge on any atom is -0.466 e. The molecule has 3 rings (SSSR count). The van der Waals surface area contributed by atoms with Crippen LogP contribution in [0.2, 0.25) is 18.1 Å². The Bertz CT molecular complexity index is 925. The molecule has 0 spiro atoms. The average Bonchev–Trinajstić information content (AvgIpc) is 3.44. The van der Waals surface area contributed by atoms with Gasteiger partial charge in [0, 0.05) is 12.5 Å². The van der Waals surface area contributed by atoms with Gasteiger partial charge in [-0.3, -0.25) is 9.69 Å². The lowest BCUT2D eigenvalue weighted by Gasteiger charge is -2.37. The highest BCUT2D eigenvalue weighted by Crippen LogP contribution is 2.44. The zero-order chi connectivity index (χ0) is 27.6. The predicted molar refractivity (Wildman–Crippen MR) is 144 cm³/mol. The highest BCUT2D eigenvalue weighted by Gasteiger charge is 2.57. The molecule has 0 bridgehead atoms. The molecule has 1 amide bonds. The molecule has 2 saturated heterocycles. The van der Waals surface area contributed by atoms with Crippen molar-refractivity contribution in [3.05, 3.63) is 35.9 Å². The summed E-state index contributed by atoms with van der Waals surface area (Å²) in [6.45, 7) is 19.3. The van der Waals surface area contributed by atoms with E-state index >= 15 is 0 Å². The molecule has 2 fully saturated rings. The number of hydrogen-bond acceptors (Lipinski definition) is 7. The van der Waals surface area contributed by atoms with E-state index in [4.69, 9.17) is 23.4 Å². The Balaban J connectivity index is 1.80. The van der Waals surface area contributed by atoms with Crippen LogP contribution >= 0.6 is 0 Å². The lowest BCUT2D eigenvalue weighted by atomic mass is 9.99. The molecule has 0 aliphatic carbocycles. The number of hydrogen-bond donors (Lipinski definition) is 0. The van der Waals surface area contributed by atoms with Gasteiger partial charge in [-0.1, -0.05) is 51.1 Å². The molecule has 1 aromatic rings. The summed E-state index contributed by atoms with van der Waals surface area (Å²) in [5, 5.41) is 0.0380. The van der Waals surface area contributed by atoms with E-state index in [1.54, 1.807) is 11.8 Å². The molecule has 2 aliphatic heterocycles. The molecule has 208 valence electrons. The second-order valence-corrected chi connectivity index (χ2v) is 17.3. The molecular formula is C28H45NO7Si. The van der Waals surface area contributed by atoms with Gasteiger partial charge in [-0.05, 0) is 51.4 Å². The van der Waals surface area contributed by atoms with Crippen molar-refractivity contribution < 1.29 is 33.0 Å². The lowest BCUT2D eigenvalue weighted by molar-refractivity contribution is -0.144. The fraction of sp³-hybridized carbons (Fsp3) is 0.714. The number of rotatable bonds is 9. The molecule has 0 unspecified atom stereocenters. The molecular weight excluding hydrogens is 490 g/mol. The van der Waals surface area contributed by atoms with Crippen LogP contribution in [0, 0.1) is 5.92 Å². The second kappa shape index (κ2) is 11.4. The highest BCUT2D eigenvalue weighted by molar-refractivity contribution is 6.74. The Morgan fingerprint density at radius 2 is 1.76 bits per heavy atom. The number of carbonyl (C=O) groups is 2. The summed E-state index contributed by atoms with van der Waals surface area (Å²) in [5.41, 5.74) is 0.316. The third kappa shape index (κ3) is 7.56. The number of epoxide rings is 1. The van der Waals surface area contributed by atoms with Gasteiger partial charge in [0.25, 0.3) is 0 Å². The van der Waals surface area contributed by atoms with Crippen molar-refractivity contribution in [1.29, 1.82) is 0 Å². The maximum Gasteiger partial charge on any atom is 0.413 e. The van der Waals surface area contributed by atoms with E-state index in [-0.39, 0.29) is 41.6 Å². The van der Waals surface area contributed by atoms with Crippen LogP contribution in [-0.2, 0) is 28.2 Å². The van der Waals surface area contributed by atoms with Crippen LogP contribution < -0.4 is 0 Å². The maximum absolute atomic E-state index is 13.4. The van der Waals surface area contributed by atoms with E-state index in [1.165, 1.54) is 0 Å². The van der Waals surface area contributed by atoms with Crippen molar-refractivity contribution in [2.45, 2.75) is 103 Å². The van der Waals surface area contributed by atoms with Gasteiger partial charge in [-0.25, -0.2) is 4.79 Å². The summed E-state index contributed by atoms with van der Waals surface area (Å²) in [5.74, 6) is -0.489. The van der Waals surface area contributed by atoms with Gasteiger partial charge >= 0.3 is 12.1 Å². The first-order valence-electron chi connectivity index (χ1n) is 13.3. The van der Waals surface area contributed by atoms with Crippen molar-refractivity contribution in [2.24, 2.45) is 5.92 Å². The van der Waals surface area contributed by atoms with Gasteiger partial charge < -0.3 is 23.4 Å². The average molecular weight is 536 g/mol. The lowest BCUT2D eigenvalue weighted by Crippen LogP contribution is -2.45. The van der Waals surface area contributed by atoms with Crippen molar-refractivity contribution in [2.75, 3.05) is 19.8 Å². The van der Waals surface area contributed by atoms with E-state index in [9.17, 15) is 9.59 Å². The minimum absolute atomic E-state index is 0.0380. The van der Waals surface area contributed by atoms with E-state index in [0.717, 1.165) is 5.56 Å². The van der Waals surface area contributed by atoms with Crippen molar-refractivity contribution >= 4 is 20.4 Å². The Kier molecular flexibility index (Phi) is 9.15. The van der Waals surface area contributed by atoms with Crippen LogP contribution in [0.4, 0.5) is 4.79 Å². The maximum atomic E-state index is 13.4. The first-order chi connectivity index (χ1) is 17.1. The van der Waals surface area contributed by atoms with E-state index in [0.29, 0.717) is 19.8 Å². The normalized spacial score (nSPS) is 25.1. The molecule has 0 N–H and O–H groups in total. The first-order valence-corrected chi connectivity index (χ1v) is 16.2. The molecule has 2 aliphatic rings. The molecule has 5 atom stereocenters. The van der Waals surface area contributed by atoms with Crippen molar-refractivity contribution in [3.8, 4) is 0 Å². The topological polar surface area (TPSA) is 86.8 Å². The summed E-state index contributed by atoms with van der Waals surface area (Å²) in [6.07, 6.45) is -1.56. The molecule has 37 heavy (non-hydrogen) atoms. The molecule has 9 heteroatoms. The van der Waals surface area contributed by atoms with Gasteiger partial charge in [0.2, 0.25) is 0 Å². The number of amides is 1. The van der Waals surface area contributed by atoms with Crippen LogP contribution in [0.15, 0.2) is 30.3 Å². The van der Waals surface area contributed by atoms with Crippen LogP contribution in [0.5, 0.6) is 0 Å². The van der Waals surface area contributed by atoms with Gasteiger partial charge in [0.05, 0.1) is 31.8 Å². The Morgan fingerprint density at radius 3 is 2.32 bits per heavy atom. The Labute approximate surface area is 223 Å². The van der Waals surface area contributed by atoms with Gasteiger partial charge in [0.15, 0.2) is 14.5 Å². The molecule has 8 nitrogen and oxygen atoms in total. The Morgan fingerprint density at radius 1 is 1.11 bits per heavy atom. The second-order valence-electron chi connectivity index (χ2n) is 12.4.